The van der Waals surface area contributed by atoms with Crippen molar-refractivity contribution in [2.75, 3.05) is 6.54 Å². The summed E-state index contributed by atoms with van der Waals surface area (Å²) < 4.78 is 0. The summed E-state index contributed by atoms with van der Waals surface area (Å²) in [5, 5.41) is 7.10. The van der Waals surface area contributed by atoms with E-state index in [9.17, 15) is 0 Å². The lowest BCUT2D eigenvalue weighted by molar-refractivity contribution is 0.436. The van der Waals surface area contributed by atoms with Crippen molar-refractivity contribution in [2.24, 2.45) is 11.8 Å². The SMILES string of the molecule is CCC/C=C\C(C)=CC(/C(=C\NCC1=CC2(C)c3ccc4cc3-c3cc(c([Si](C)(C)C)c(n3)C12)C4)[Si](C)(C)C)C(C)C. The van der Waals surface area contributed by atoms with E-state index in [0.29, 0.717) is 17.8 Å². The van der Waals surface area contributed by atoms with Gasteiger partial charge in [0, 0.05) is 29.1 Å². The van der Waals surface area contributed by atoms with Crippen molar-refractivity contribution in [3.05, 3.63) is 93.5 Å². The first-order valence-corrected chi connectivity index (χ1v) is 23.3. The van der Waals surface area contributed by atoms with Gasteiger partial charge in [-0.15, -0.1) is 0 Å². The minimum Gasteiger partial charge on any atom is -0.387 e. The van der Waals surface area contributed by atoms with Crippen LogP contribution in [0.15, 0.2) is 71.1 Å². The molecule has 2 heterocycles. The average molecular weight is 595 g/mol. The lowest BCUT2D eigenvalue weighted by Gasteiger charge is -2.47. The summed E-state index contributed by atoms with van der Waals surface area (Å²) >= 11 is 0. The molecule has 3 atom stereocenters. The number of nitrogens with zero attached hydrogens (tertiary/aromatic N) is 1. The molecule has 5 rings (SSSR count). The highest BCUT2D eigenvalue weighted by molar-refractivity contribution is 6.89. The zero-order valence-corrected chi connectivity index (χ0v) is 30.2. The van der Waals surface area contributed by atoms with Crippen LogP contribution in [0.5, 0.6) is 0 Å². The number of rotatable bonds is 11. The Morgan fingerprint density at radius 3 is 2.50 bits per heavy atom. The minimum absolute atomic E-state index is 0.00650. The van der Waals surface area contributed by atoms with Crippen molar-refractivity contribution in [3.8, 4) is 11.3 Å². The third kappa shape index (κ3) is 5.62. The summed E-state index contributed by atoms with van der Waals surface area (Å²) in [5.74, 6) is 1.35. The fourth-order valence-corrected chi connectivity index (χ4v) is 11.8. The number of unbranched alkanes of at least 4 members (excludes halogenated alkanes) is 1. The molecule has 42 heavy (non-hydrogen) atoms. The molecule has 1 N–H and O–H groups in total. The molecule has 1 aliphatic heterocycles. The monoisotopic (exact) mass is 594 g/mol. The predicted octanol–water partition coefficient (Wildman–Crippen LogP) is 9.42. The van der Waals surface area contributed by atoms with Crippen LogP contribution in [-0.4, -0.2) is 27.7 Å². The number of aromatic nitrogens is 1. The molecule has 1 aromatic carbocycles. The first kappa shape index (κ1) is 31.0. The fourth-order valence-electron chi connectivity index (χ4n) is 7.77. The third-order valence-electron chi connectivity index (χ3n) is 9.73. The number of nitrogens with one attached hydrogen (secondary N) is 1. The van der Waals surface area contributed by atoms with Crippen LogP contribution in [0.2, 0.25) is 39.3 Å². The van der Waals surface area contributed by atoms with E-state index in [-0.39, 0.29) is 5.41 Å². The van der Waals surface area contributed by atoms with Gasteiger partial charge in [-0.1, -0.05) is 121 Å². The molecule has 2 aliphatic carbocycles. The number of allylic oxidation sites excluding steroid dienone is 6. The van der Waals surface area contributed by atoms with Crippen LogP contribution in [0.25, 0.3) is 11.3 Å². The van der Waals surface area contributed by atoms with E-state index in [2.05, 4.69) is 134 Å². The Labute approximate surface area is 258 Å². The van der Waals surface area contributed by atoms with Gasteiger partial charge in [-0.2, -0.15) is 0 Å². The van der Waals surface area contributed by atoms with Gasteiger partial charge in [-0.25, -0.2) is 0 Å². The van der Waals surface area contributed by atoms with Gasteiger partial charge >= 0.3 is 0 Å². The van der Waals surface area contributed by atoms with E-state index in [4.69, 9.17) is 4.98 Å². The van der Waals surface area contributed by atoms with Gasteiger partial charge in [-0.3, -0.25) is 4.98 Å². The maximum absolute atomic E-state index is 5.49. The van der Waals surface area contributed by atoms with Crippen LogP contribution in [0.4, 0.5) is 0 Å². The molecule has 0 amide bonds. The number of benzene rings is 1. The Bertz CT molecular complexity index is 1490. The zero-order chi connectivity index (χ0) is 30.6. The van der Waals surface area contributed by atoms with Gasteiger partial charge in [0.15, 0.2) is 0 Å². The summed E-state index contributed by atoms with van der Waals surface area (Å²) in [6.07, 6.45) is 15.5. The number of fused-ring (bicyclic) bond motifs is 6. The van der Waals surface area contributed by atoms with Crippen LogP contribution in [-0.2, 0) is 11.8 Å². The molecule has 3 unspecified atom stereocenters. The summed E-state index contributed by atoms with van der Waals surface area (Å²) in [6, 6.07) is 9.65. The van der Waals surface area contributed by atoms with Gasteiger partial charge in [0.05, 0.1) is 21.8 Å². The first-order chi connectivity index (χ1) is 19.6. The molecule has 224 valence electrons. The van der Waals surface area contributed by atoms with Crippen LogP contribution in [0.3, 0.4) is 0 Å². The largest absolute Gasteiger partial charge is 0.387 e. The molecule has 0 spiro atoms. The fraction of sp³-hybridized carbons (Fsp3) is 0.500. The Kier molecular flexibility index (Phi) is 8.30. The van der Waals surface area contributed by atoms with Gasteiger partial charge in [0.2, 0.25) is 0 Å². The summed E-state index contributed by atoms with van der Waals surface area (Å²) in [4.78, 5) is 5.49. The van der Waals surface area contributed by atoms with Crippen molar-refractivity contribution in [1.82, 2.24) is 10.3 Å². The molecule has 0 saturated heterocycles. The normalized spacial score (nSPS) is 22.2. The Balaban J connectivity index is 1.51. The first-order valence-electron chi connectivity index (χ1n) is 16.3. The highest BCUT2D eigenvalue weighted by atomic mass is 28.3. The second kappa shape index (κ2) is 11.2. The molecule has 5 bridgehead atoms. The number of hydrogen-bond donors (Lipinski definition) is 1. The average Bonchev–Trinajstić information content (AvgIpc) is 2.99. The Morgan fingerprint density at radius 1 is 1.12 bits per heavy atom. The van der Waals surface area contributed by atoms with Gasteiger partial charge in [0.1, 0.15) is 0 Å². The van der Waals surface area contributed by atoms with Gasteiger partial charge in [0.25, 0.3) is 0 Å². The maximum Gasteiger partial charge on any atom is 0.0803 e. The molecule has 1 aromatic heterocycles. The second-order valence-corrected chi connectivity index (χ2v) is 25.8. The van der Waals surface area contributed by atoms with Crippen LogP contribution < -0.4 is 10.5 Å². The highest BCUT2D eigenvalue weighted by Gasteiger charge is 2.51. The maximum atomic E-state index is 5.49. The van der Waals surface area contributed by atoms with Crippen molar-refractivity contribution < 1.29 is 0 Å². The van der Waals surface area contributed by atoms with E-state index in [0.717, 1.165) is 19.4 Å². The predicted molar refractivity (Wildman–Crippen MR) is 189 cm³/mol. The van der Waals surface area contributed by atoms with Crippen molar-refractivity contribution in [3.63, 3.8) is 0 Å². The molecule has 4 heteroatoms. The summed E-state index contributed by atoms with van der Waals surface area (Å²) in [5.41, 5.74) is 11.2. The Morgan fingerprint density at radius 2 is 1.86 bits per heavy atom. The van der Waals surface area contributed by atoms with E-state index in [1.165, 1.54) is 51.2 Å². The lowest BCUT2D eigenvalue weighted by atomic mass is 9.57. The smallest absolute Gasteiger partial charge is 0.0803 e. The van der Waals surface area contributed by atoms with E-state index in [1.807, 2.05) is 0 Å². The van der Waals surface area contributed by atoms with Gasteiger partial charge in [-0.05, 0) is 77.4 Å². The topological polar surface area (TPSA) is 24.9 Å². The molecule has 0 fully saturated rings. The molecule has 2 aromatic rings. The standard InChI is InChI=1S/C38H54N2Si2/c1-12-13-14-15-26(4)18-30(25(2)3)34(41(6,7)8)24-39-23-29-22-38(5)32-17-16-27-19-28-21-33(31(32)20-27)40-36(35(29)38)37(28)42(9,10)11/h14-18,20-22,24-25,30,35,39H,12-13,19,23H2,1-11H3/b15-14-,26-18?,34-24+. The number of hydrogen-bond acceptors (Lipinski definition) is 2. The molecule has 2 nitrogen and oxygen atoms in total. The Hall–Kier alpha value is -2.44. The van der Waals surface area contributed by atoms with Crippen LogP contribution >= 0.6 is 0 Å². The van der Waals surface area contributed by atoms with Crippen molar-refractivity contribution in [1.29, 1.82) is 0 Å². The second-order valence-electron chi connectivity index (χ2n) is 15.8. The van der Waals surface area contributed by atoms with E-state index < -0.39 is 16.1 Å². The number of pyridine rings is 1. The molecule has 3 aliphatic rings. The minimum atomic E-state index is -1.63. The highest BCUT2D eigenvalue weighted by Crippen LogP contribution is 2.57. The van der Waals surface area contributed by atoms with E-state index in [1.54, 1.807) is 10.4 Å². The van der Waals surface area contributed by atoms with Crippen molar-refractivity contribution in [2.45, 2.75) is 104 Å². The molecule has 0 saturated carbocycles. The lowest BCUT2D eigenvalue weighted by Crippen LogP contribution is -2.49. The summed E-state index contributed by atoms with van der Waals surface area (Å²) in [6.45, 7) is 27.6. The quantitative estimate of drug-likeness (QED) is 0.136. The third-order valence-corrected chi connectivity index (χ3v) is 14.0. The molecular formula is C38H54N2Si2. The van der Waals surface area contributed by atoms with Gasteiger partial charge < -0.3 is 5.32 Å². The summed E-state index contributed by atoms with van der Waals surface area (Å²) in [7, 11) is -3.20. The van der Waals surface area contributed by atoms with Crippen LogP contribution in [0, 0.1) is 11.8 Å². The molecular weight excluding hydrogens is 541 g/mol. The molecule has 0 radical (unpaired) electrons. The van der Waals surface area contributed by atoms with E-state index >= 15 is 0 Å². The van der Waals surface area contributed by atoms with Crippen molar-refractivity contribution >= 4 is 21.3 Å². The zero-order valence-electron chi connectivity index (χ0n) is 28.2. The van der Waals surface area contributed by atoms with Crippen LogP contribution in [0.1, 0.15) is 75.8 Å².